The van der Waals surface area contributed by atoms with Crippen LogP contribution < -0.4 is 0 Å². The quantitative estimate of drug-likeness (QED) is 0.352. The fourth-order valence-corrected chi connectivity index (χ4v) is 1.83. The molecule has 0 bridgehead atoms. The Hall–Kier alpha value is -2.46. The Morgan fingerprint density at radius 2 is 2.32 bits per heavy atom. The third-order valence-electron chi connectivity index (χ3n) is 2.78. The average molecular weight is 262 g/mol. The standard InChI is InChI=1S/C12H10N2O5/c1-2-18-11(15)12(7-13)10(19-12)8-5-3-4-6-9(8)14(16)17/h3-6,10H,2H2,1H3. The highest BCUT2D eigenvalue weighted by Gasteiger charge is 2.67. The number of nitro groups is 1. The van der Waals surface area contributed by atoms with Gasteiger partial charge in [-0.25, -0.2) is 4.79 Å². The first-order chi connectivity index (χ1) is 9.06. The maximum atomic E-state index is 11.7. The van der Waals surface area contributed by atoms with Gasteiger partial charge in [-0.15, -0.1) is 0 Å². The number of carbonyl (C=O) groups excluding carboxylic acids is 1. The number of hydrogen-bond donors (Lipinski definition) is 0. The fraction of sp³-hybridized carbons (Fsp3) is 0.333. The fourth-order valence-electron chi connectivity index (χ4n) is 1.83. The van der Waals surface area contributed by atoms with Gasteiger partial charge in [0.1, 0.15) is 12.2 Å². The zero-order valence-corrected chi connectivity index (χ0v) is 10.0. The molecule has 0 radical (unpaired) electrons. The van der Waals surface area contributed by atoms with Crippen LogP contribution in [0.4, 0.5) is 5.69 Å². The van der Waals surface area contributed by atoms with Crippen molar-refractivity contribution in [2.75, 3.05) is 6.61 Å². The van der Waals surface area contributed by atoms with Crippen molar-refractivity contribution in [1.29, 1.82) is 5.26 Å². The van der Waals surface area contributed by atoms with E-state index >= 15 is 0 Å². The Bertz CT molecular complexity index is 580. The lowest BCUT2D eigenvalue weighted by Crippen LogP contribution is -2.26. The molecule has 2 unspecified atom stereocenters. The number of nitriles is 1. The third kappa shape index (κ3) is 2.02. The van der Waals surface area contributed by atoms with Gasteiger partial charge in [0.15, 0.2) is 0 Å². The van der Waals surface area contributed by atoms with E-state index < -0.39 is 22.6 Å². The smallest absolute Gasteiger partial charge is 0.356 e. The second-order valence-corrected chi connectivity index (χ2v) is 3.88. The molecule has 2 rings (SSSR count). The monoisotopic (exact) mass is 262 g/mol. The molecule has 0 aromatic heterocycles. The minimum Gasteiger partial charge on any atom is -0.463 e. The third-order valence-corrected chi connectivity index (χ3v) is 2.78. The van der Waals surface area contributed by atoms with Crippen LogP contribution in [0.2, 0.25) is 0 Å². The molecule has 1 aromatic rings. The molecule has 19 heavy (non-hydrogen) atoms. The molecule has 7 heteroatoms. The number of nitro benzene ring substituents is 1. The summed E-state index contributed by atoms with van der Waals surface area (Å²) in [6, 6.07) is 7.57. The number of para-hydroxylation sites is 1. The largest absolute Gasteiger partial charge is 0.463 e. The Balaban J connectivity index is 2.34. The minimum atomic E-state index is -1.76. The van der Waals surface area contributed by atoms with Crippen molar-refractivity contribution in [3.05, 3.63) is 39.9 Å². The van der Waals surface area contributed by atoms with E-state index in [-0.39, 0.29) is 17.9 Å². The van der Waals surface area contributed by atoms with Crippen LogP contribution in [0.25, 0.3) is 0 Å². The molecule has 1 aromatic carbocycles. The normalized spacial score (nSPS) is 24.3. The van der Waals surface area contributed by atoms with Crippen LogP contribution in [0.3, 0.4) is 0 Å². The topological polar surface area (TPSA) is 106 Å². The summed E-state index contributed by atoms with van der Waals surface area (Å²) >= 11 is 0. The van der Waals surface area contributed by atoms with Crippen molar-refractivity contribution in [3.8, 4) is 6.07 Å². The molecule has 1 saturated heterocycles. The number of ether oxygens (including phenoxy) is 2. The van der Waals surface area contributed by atoms with E-state index in [1.807, 2.05) is 0 Å². The summed E-state index contributed by atoms with van der Waals surface area (Å²) in [7, 11) is 0. The van der Waals surface area contributed by atoms with Gasteiger partial charge in [-0.2, -0.15) is 5.26 Å². The predicted molar refractivity (Wildman–Crippen MR) is 61.9 cm³/mol. The van der Waals surface area contributed by atoms with Gasteiger partial charge in [0.25, 0.3) is 11.3 Å². The van der Waals surface area contributed by atoms with Gasteiger partial charge in [0, 0.05) is 6.07 Å². The van der Waals surface area contributed by atoms with E-state index in [9.17, 15) is 14.9 Å². The summed E-state index contributed by atoms with van der Waals surface area (Å²) < 4.78 is 9.86. The van der Waals surface area contributed by atoms with E-state index in [4.69, 9.17) is 14.7 Å². The molecule has 98 valence electrons. The molecule has 0 saturated carbocycles. The average Bonchev–Trinajstić information content (AvgIpc) is 3.15. The zero-order chi connectivity index (χ0) is 14.0. The lowest BCUT2D eigenvalue weighted by molar-refractivity contribution is -0.385. The van der Waals surface area contributed by atoms with E-state index in [0.717, 1.165) is 0 Å². The second-order valence-electron chi connectivity index (χ2n) is 3.88. The molecule has 0 aliphatic carbocycles. The van der Waals surface area contributed by atoms with Gasteiger partial charge in [0.05, 0.1) is 17.1 Å². The first kappa shape index (κ1) is 13.0. The summed E-state index contributed by atoms with van der Waals surface area (Å²) in [5.74, 6) is -0.819. The molecule has 7 nitrogen and oxygen atoms in total. The summed E-state index contributed by atoms with van der Waals surface area (Å²) in [6.07, 6.45) is -0.960. The molecule has 1 aliphatic heterocycles. The van der Waals surface area contributed by atoms with Gasteiger partial charge in [-0.05, 0) is 13.0 Å². The van der Waals surface area contributed by atoms with Crippen LogP contribution in [0, 0.1) is 21.4 Å². The SMILES string of the molecule is CCOC(=O)C1(C#N)OC1c1ccccc1[N+](=O)[O-]. The Morgan fingerprint density at radius 1 is 1.63 bits per heavy atom. The van der Waals surface area contributed by atoms with Crippen molar-refractivity contribution in [1.82, 2.24) is 0 Å². The van der Waals surface area contributed by atoms with Gasteiger partial charge in [-0.1, -0.05) is 12.1 Å². The van der Waals surface area contributed by atoms with Gasteiger partial charge in [0.2, 0.25) is 0 Å². The van der Waals surface area contributed by atoms with Crippen molar-refractivity contribution < 1.29 is 19.2 Å². The summed E-state index contributed by atoms with van der Waals surface area (Å²) in [6.45, 7) is 1.71. The minimum absolute atomic E-state index is 0.106. The lowest BCUT2D eigenvalue weighted by atomic mass is 9.99. The number of benzene rings is 1. The van der Waals surface area contributed by atoms with E-state index in [1.54, 1.807) is 19.1 Å². The van der Waals surface area contributed by atoms with Crippen molar-refractivity contribution in [3.63, 3.8) is 0 Å². The number of esters is 1. The molecular weight excluding hydrogens is 252 g/mol. The summed E-state index contributed by atoms with van der Waals surface area (Å²) in [4.78, 5) is 22.0. The number of epoxide rings is 1. The zero-order valence-electron chi connectivity index (χ0n) is 10.0. The first-order valence-corrected chi connectivity index (χ1v) is 5.56. The predicted octanol–water partition coefficient (Wildman–Crippen LogP) is 1.49. The maximum Gasteiger partial charge on any atom is 0.356 e. The Morgan fingerprint density at radius 3 is 2.89 bits per heavy atom. The molecular formula is C12H10N2O5. The van der Waals surface area contributed by atoms with E-state index in [2.05, 4.69) is 0 Å². The second kappa shape index (κ2) is 4.66. The number of carbonyl (C=O) groups is 1. The number of hydrogen-bond acceptors (Lipinski definition) is 6. The molecule has 0 amide bonds. The number of rotatable bonds is 4. The molecule has 1 aliphatic rings. The van der Waals surface area contributed by atoms with Crippen LogP contribution in [-0.2, 0) is 14.3 Å². The van der Waals surface area contributed by atoms with Gasteiger partial charge < -0.3 is 9.47 Å². The van der Waals surface area contributed by atoms with Gasteiger partial charge in [-0.3, -0.25) is 10.1 Å². The highest BCUT2D eigenvalue weighted by Crippen LogP contribution is 2.52. The highest BCUT2D eigenvalue weighted by molar-refractivity contribution is 5.88. The number of nitrogens with zero attached hydrogens (tertiary/aromatic N) is 2. The maximum absolute atomic E-state index is 11.7. The lowest BCUT2D eigenvalue weighted by Gasteiger charge is -2.03. The van der Waals surface area contributed by atoms with Crippen molar-refractivity contribution in [2.45, 2.75) is 18.6 Å². The van der Waals surface area contributed by atoms with Crippen LogP contribution in [0.1, 0.15) is 18.6 Å². The van der Waals surface area contributed by atoms with Crippen LogP contribution in [0.15, 0.2) is 24.3 Å². The molecule has 0 spiro atoms. The van der Waals surface area contributed by atoms with Crippen LogP contribution in [0.5, 0.6) is 0 Å². The molecule has 1 heterocycles. The molecule has 0 N–H and O–H groups in total. The van der Waals surface area contributed by atoms with Crippen molar-refractivity contribution in [2.24, 2.45) is 0 Å². The summed E-state index contributed by atoms with van der Waals surface area (Å²) in [5.41, 5.74) is -1.75. The molecule has 1 fully saturated rings. The van der Waals surface area contributed by atoms with Gasteiger partial charge >= 0.3 is 5.97 Å². The summed E-state index contributed by atoms with van der Waals surface area (Å²) in [5, 5.41) is 20.0. The van der Waals surface area contributed by atoms with Crippen molar-refractivity contribution >= 4 is 11.7 Å². The Labute approximate surface area is 108 Å². The van der Waals surface area contributed by atoms with Crippen LogP contribution in [-0.4, -0.2) is 23.1 Å². The molecule has 2 atom stereocenters. The van der Waals surface area contributed by atoms with Crippen LogP contribution >= 0.6 is 0 Å². The highest BCUT2D eigenvalue weighted by atomic mass is 16.7. The van der Waals surface area contributed by atoms with E-state index in [1.165, 1.54) is 18.2 Å². The van der Waals surface area contributed by atoms with E-state index in [0.29, 0.717) is 0 Å². The Kier molecular flexibility index (Phi) is 3.19. The first-order valence-electron chi connectivity index (χ1n) is 5.56.